The van der Waals surface area contributed by atoms with Gasteiger partial charge in [0.05, 0.1) is 0 Å². The summed E-state index contributed by atoms with van der Waals surface area (Å²) in [6.07, 6.45) is 3.03. The largest absolute Gasteiger partial charge is 0.452 e. The van der Waals surface area contributed by atoms with Crippen molar-refractivity contribution < 1.29 is 14.3 Å². The number of esters is 1. The van der Waals surface area contributed by atoms with Gasteiger partial charge in [0, 0.05) is 19.7 Å². The summed E-state index contributed by atoms with van der Waals surface area (Å²) >= 11 is 1.59. The van der Waals surface area contributed by atoms with Gasteiger partial charge >= 0.3 is 5.97 Å². The lowest BCUT2D eigenvalue weighted by atomic mass is 10.0. The molecule has 0 saturated carbocycles. The molecule has 0 atom stereocenters. The van der Waals surface area contributed by atoms with Gasteiger partial charge in [-0.1, -0.05) is 38.1 Å². The molecule has 0 fully saturated rings. The van der Waals surface area contributed by atoms with Crippen LogP contribution in [0, 0.1) is 0 Å². The van der Waals surface area contributed by atoms with Gasteiger partial charge in [0.25, 0.3) is 5.91 Å². The molecule has 0 N–H and O–H groups in total. The van der Waals surface area contributed by atoms with E-state index in [1.54, 1.807) is 29.4 Å². The molecule has 1 aromatic heterocycles. The average molecular weight is 357 g/mol. The molecule has 0 saturated heterocycles. The summed E-state index contributed by atoms with van der Waals surface area (Å²) in [5.41, 5.74) is 3.23. The van der Waals surface area contributed by atoms with E-state index in [1.165, 1.54) is 11.6 Å². The van der Waals surface area contributed by atoms with Gasteiger partial charge in [-0.15, -0.1) is 0 Å². The van der Waals surface area contributed by atoms with E-state index >= 15 is 0 Å². The van der Waals surface area contributed by atoms with Crippen molar-refractivity contribution in [2.75, 3.05) is 13.7 Å². The lowest BCUT2D eigenvalue weighted by Crippen LogP contribution is -2.30. The van der Waals surface area contributed by atoms with Gasteiger partial charge in [0.1, 0.15) is 0 Å². The highest BCUT2D eigenvalue weighted by Gasteiger charge is 2.11. The van der Waals surface area contributed by atoms with E-state index in [0.29, 0.717) is 12.5 Å². The summed E-state index contributed by atoms with van der Waals surface area (Å²) in [5.74, 6) is -0.278. The Balaban J connectivity index is 1.78. The van der Waals surface area contributed by atoms with E-state index in [4.69, 9.17) is 4.74 Å². The monoisotopic (exact) mass is 357 g/mol. The molecule has 1 heterocycles. The van der Waals surface area contributed by atoms with E-state index in [0.717, 1.165) is 11.1 Å². The Morgan fingerprint density at radius 2 is 1.92 bits per heavy atom. The number of carbonyl (C=O) groups excluding carboxylic acids is 2. The van der Waals surface area contributed by atoms with E-state index in [-0.39, 0.29) is 12.5 Å². The Hall–Kier alpha value is -2.40. The molecule has 25 heavy (non-hydrogen) atoms. The summed E-state index contributed by atoms with van der Waals surface area (Å²) in [7, 11) is 1.69. The molecule has 1 amide bonds. The van der Waals surface area contributed by atoms with Gasteiger partial charge in [-0.3, -0.25) is 4.79 Å². The predicted octanol–water partition coefficient (Wildman–Crippen LogP) is 4.09. The van der Waals surface area contributed by atoms with Gasteiger partial charge in [-0.05, 0) is 45.5 Å². The Labute approximate surface area is 152 Å². The number of benzene rings is 1. The van der Waals surface area contributed by atoms with Crippen molar-refractivity contribution in [1.82, 2.24) is 4.90 Å². The molecule has 0 aliphatic rings. The van der Waals surface area contributed by atoms with E-state index in [1.807, 2.05) is 41.1 Å². The topological polar surface area (TPSA) is 46.6 Å². The van der Waals surface area contributed by atoms with Crippen LogP contribution < -0.4 is 0 Å². The number of hydrogen-bond donors (Lipinski definition) is 0. The van der Waals surface area contributed by atoms with Crippen molar-refractivity contribution in [1.29, 1.82) is 0 Å². The highest BCUT2D eigenvalue weighted by Crippen LogP contribution is 2.15. The number of ether oxygens (including phenoxy) is 1. The molecular weight excluding hydrogens is 334 g/mol. The molecule has 4 nitrogen and oxygen atoms in total. The fourth-order valence-electron chi connectivity index (χ4n) is 2.19. The third-order valence-corrected chi connectivity index (χ3v) is 4.51. The van der Waals surface area contributed by atoms with Crippen LogP contribution in [0.25, 0.3) is 6.08 Å². The fraction of sp³-hybridized carbons (Fsp3) is 0.300. The summed E-state index contributed by atoms with van der Waals surface area (Å²) < 4.78 is 5.01. The average Bonchev–Trinajstić information content (AvgIpc) is 3.11. The summed E-state index contributed by atoms with van der Waals surface area (Å²) in [5, 5.41) is 3.95. The first-order valence-corrected chi connectivity index (χ1v) is 9.10. The van der Waals surface area contributed by atoms with Crippen LogP contribution >= 0.6 is 11.3 Å². The van der Waals surface area contributed by atoms with Crippen molar-refractivity contribution in [3.8, 4) is 0 Å². The quantitative estimate of drug-likeness (QED) is 0.554. The predicted molar refractivity (Wildman–Crippen MR) is 101 cm³/mol. The number of carbonyl (C=O) groups is 2. The second kappa shape index (κ2) is 9.18. The number of rotatable bonds is 7. The maximum atomic E-state index is 12.0. The molecule has 0 unspecified atom stereocenters. The first-order valence-electron chi connectivity index (χ1n) is 8.15. The highest BCUT2D eigenvalue weighted by atomic mass is 32.1. The van der Waals surface area contributed by atoms with Crippen molar-refractivity contribution in [3.63, 3.8) is 0 Å². The van der Waals surface area contributed by atoms with Crippen molar-refractivity contribution in [2.24, 2.45) is 0 Å². The van der Waals surface area contributed by atoms with Crippen LogP contribution in [0.5, 0.6) is 0 Å². The second-order valence-electron chi connectivity index (χ2n) is 6.14. The summed E-state index contributed by atoms with van der Waals surface area (Å²) in [4.78, 5) is 25.3. The second-order valence-corrected chi connectivity index (χ2v) is 6.92. The first-order chi connectivity index (χ1) is 12.0. The van der Waals surface area contributed by atoms with Gasteiger partial charge in [0.15, 0.2) is 6.61 Å². The Morgan fingerprint density at radius 1 is 1.20 bits per heavy atom. The zero-order valence-corrected chi connectivity index (χ0v) is 15.6. The number of nitrogens with zero attached hydrogens (tertiary/aromatic N) is 1. The molecular formula is C20H23NO3S. The zero-order valence-electron chi connectivity index (χ0n) is 14.8. The SMILES string of the molecule is CC(C)c1ccc(/C=C/C(=O)OCC(=O)N(C)Cc2ccsc2)cc1. The van der Waals surface area contributed by atoms with E-state index in [9.17, 15) is 9.59 Å². The van der Waals surface area contributed by atoms with Crippen LogP contribution in [0.3, 0.4) is 0 Å². The molecule has 2 aromatic rings. The normalized spacial score (nSPS) is 11.0. The van der Waals surface area contributed by atoms with Crippen LogP contribution in [0.15, 0.2) is 47.2 Å². The van der Waals surface area contributed by atoms with Crippen LogP contribution in [0.2, 0.25) is 0 Å². The number of likely N-dealkylation sites (N-methyl/N-ethyl adjacent to an activating group) is 1. The first kappa shape index (κ1) is 18.9. The number of thiophene rings is 1. The minimum absolute atomic E-state index is 0.228. The molecule has 0 bridgehead atoms. The molecule has 2 rings (SSSR count). The maximum Gasteiger partial charge on any atom is 0.331 e. The Kier molecular flexibility index (Phi) is 6.95. The molecule has 132 valence electrons. The fourth-order valence-corrected chi connectivity index (χ4v) is 2.85. The molecule has 0 spiro atoms. The van der Waals surface area contributed by atoms with Crippen LogP contribution in [-0.2, 0) is 20.9 Å². The molecule has 0 aliphatic carbocycles. The van der Waals surface area contributed by atoms with Gasteiger partial charge in [-0.25, -0.2) is 4.79 Å². The molecule has 0 radical (unpaired) electrons. The van der Waals surface area contributed by atoms with E-state index in [2.05, 4.69) is 13.8 Å². The third kappa shape index (κ3) is 6.19. The Morgan fingerprint density at radius 3 is 2.52 bits per heavy atom. The summed E-state index contributed by atoms with van der Waals surface area (Å²) in [6, 6.07) is 9.96. The van der Waals surface area contributed by atoms with Crippen LogP contribution in [0.4, 0.5) is 0 Å². The van der Waals surface area contributed by atoms with Crippen molar-refractivity contribution in [3.05, 3.63) is 63.9 Å². The molecule has 5 heteroatoms. The number of hydrogen-bond acceptors (Lipinski definition) is 4. The molecule has 1 aromatic carbocycles. The van der Waals surface area contributed by atoms with Crippen molar-refractivity contribution >= 4 is 29.3 Å². The lowest BCUT2D eigenvalue weighted by molar-refractivity contribution is -0.147. The van der Waals surface area contributed by atoms with Crippen LogP contribution in [-0.4, -0.2) is 30.4 Å². The molecule has 0 aliphatic heterocycles. The maximum absolute atomic E-state index is 12.0. The van der Waals surface area contributed by atoms with Crippen molar-refractivity contribution in [2.45, 2.75) is 26.3 Å². The minimum atomic E-state index is -0.523. The van der Waals surface area contributed by atoms with Gasteiger partial charge in [-0.2, -0.15) is 11.3 Å². The standard InChI is InChI=1S/C20H23NO3S/c1-15(2)18-7-4-16(5-8-18)6-9-20(23)24-13-19(22)21(3)12-17-10-11-25-14-17/h4-11,14-15H,12-13H2,1-3H3/b9-6+. The number of amides is 1. The Bertz CT molecular complexity index is 718. The van der Waals surface area contributed by atoms with Crippen LogP contribution in [0.1, 0.15) is 36.5 Å². The smallest absolute Gasteiger partial charge is 0.331 e. The third-order valence-electron chi connectivity index (χ3n) is 3.78. The van der Waals surface area contributed by atoms with E-state index < -0.39 is 5.97 Å². The van der Waals surface area contributed by atoms with Gasteiger partial charge < -0.3 is 9.64 Å². The van der Waals surface area contributed by atoms with Gasteiger partial charge in [0.2, 0.25) is 0 Å². The lowest BCUT2D eigenvalue weighted by Gasteiger charge is -2.15. The zero-order chi connectivity index (χ0) is 18.2. The highest BCUT2D eigenvalue weighted by molar-refractivity contribution is 7.07. The summed E-state index contributed by atoms with van der Waals surface area (Å²) in [6.45, 7) is 4.53. The minimum Gasteiger partial charge on any atom is -0.452 e.